The lowest BCUT2D eigenvalue weighted by molar-refractivity contribution is -0.149. The smallest absolute Gasteiger partial charge is 0.347 e. The summed E-state index contributed by atoms with van der Waals surface area (Å²) in [6.07, 6.45) is 1.58. The minimum absolute atomic E-state index is 0.289. The molecular formula is C16H15BrO3. The Morgan fingerprint density at radius 2 is 1.90 bits per heavy atom. The third-order valence-electron chi connectivity index (χ3n) is 3.52. The van der Waals surface area contributed by atoms with E-state index >= 15 is 0 Å². The molecule has 0 saturated heterocycles. The van der Waals surface area contributed by atoms with E-state index in [1.807, 2.05) is 30.3 Å². The van der Waals surface area contributed by atoms with Gasteiger partial charge in [0.15, 0.2) is 6.10 Å². The first-order valence-corrected chi connectivity index (χ1v) is 7.40. The molecule has 0 amide bonds. The van der Waals surface area contributed by atoms with Crippen LogP contribution in [0, 0.1) is 5.92 Å². The molecule has 3 nitrogen and oxygen atoms in total. The van der Waals surface area contributed by atoms with Crippen LogP contribution in [-0.4, -0.2) is 19.2 Å². The van der Waals surface area contributed by atoms with Crippen molar-refractivity contribution in [2.45, 2.75) is 18.9 Å². The summed E-state index contributed by atoms with van der Waals surface area (Å²) in [5.74, 6) is 0.716. The van der Waals surface area contributed by atoms with Gasteiger partial charge in [0.05, 0.1) is 7.11 Å². The minimum atomic E-state index is -0.479. The van der Waals surface area contributed by atoms with Crippen molar-refractivity contribution >= 4 is 32.7 Å². The predicted octanol–water partition coefficient (Wildman–Crippen LogP) is 3.93. The van der Waals surface area contributed by atoms with E-state index in [1.54, 1.807) is 0 Å². The summed E-state index contributed by atoms with van der Waals surface area (Å²) in [5, 5.41) is 2.22. The lowest BCUT2D eigenvalue weighted by Gasteiger charge is -2.16. The lowest BCUT2D eigenvalue weighted by Crippen LogP contribution is -2.30. The fourth-order valence-corrected chi connectivity index (χ4v) is 2.65. The van der Waals surface area contributed by atoms with Gasteiger partial charge in [-0.1, -0.05) is 28.1 Å². The van der Waals surface area contributed by atoms with Crippen LogP contribution in [-0.2, 0) is 9.53 Å². The van der Waals surface area contributed by atoms with Crippen molar-refractivity contribution in [2.24, 2.45) is 5.92 Å². The van der Waals surface area contributed by atoms with Gasteiger partial charge < -0.3 is 9.47 Å². The number of methoxy groups -OCH3 is 1. The van der Waals surface area contributed by atoms with Crippen molar-refractivity contribution in [1.82, 2.24) is 0 Å². The molecule has 1 fully saturated rings. The Kier molecular flexibility index (Phi) is 3.66. The highest BCUT2D eigenvalue weighted by Crippen LogP contribution is 2.36. The highest BCUT2D eigenvalue weighted by Gasteiger charge is 2.39. The Bertz CT molecular complexity index is 649. The van der Waals surface area contributed by atoms with Crippen LogP contribution in [0.3, 0.4) is 0 Å². The molecule has 0 spiro atoms. The number of hydrogen-bond acceptors (Lipinski definition) is 3. The maximum absolute atomic E-state index is 11.8. The molecule has 0 heterocycles. The van der Waals surface area contributed by atoms with Crippen molar-refractivity contribution in [1.29, 1.82) is 0 Å². The van der Waals surface area contributed by atoms with Crippen molar-refractivity contribution in [3.05, 3.63) is 40.9 Å². The first kappa shape index (κ1) is 13.4. The Morgan fingerprint density at radius 3 is 2.60 bits per heavy atom. The molecule has 1 atom stereocenters. The van der Waals surface area contributed by atoms with Crippen molar-refractivity contribution in [3.63, 3.8) is 0 Å². The van der Waals surface area contributed by atoms with Crippen LogP contribution >= 0.6 is 15.9 Å². The molecule has 2 aromatic rings. The lowest BCUT2D eigenvalue weighted by atomic mass is 10.1. The second kappa shape index (κ2) is 5.44. The van der Waals surface area contributed by atoms with Gasteiger partial charge in [-0.2, -0.15) is 0 Å². The molecule has 4 heteroatoms. The summed E-state index contributed by atoms with van der Waals surface area (Å²) in [6, 6.07) is 11.9. The van der Waals surface area contributed by atoms with Crippen LogP contribution in [0.5, 0.6) is 5.75 Å². The average molecular weight is 335 g/mol. The number of rotatable bonds is 4. The first-order valence-electron chi connectivity index (χ1n) is 6.61. The molecule has 0 N–H and O–H groups in total. The molecule has 0 aromatic heterocycles. The van der Waals surface area contributed by atoms with Crippen molar-refractivity contribution in [3.8, 4) is 5.75 Å². The third-order valence-corrected chi connectivity index (χ3v) is 4.01. The minimum Gasteiger partial charge on any atom is -0.478 e. The molecular weight excluding hydrogens is 320 g/mol. The number of esters is 1. The zero-order valence-electron chi connectivity index (χ0n) is 11.1. The van der Waals surface area contributed by atoms with Gasteiger partial charge in [0, 0.05) is 10.4 Å². The molecule has 0 aliphatic heterocycles. The molecule has 3 rings (SSSR count). The molecule has 1 aliphatic carbocycles. The standard InChI is InChI=1S/C16H15BrO3/c1-19-16(18)15(10-2-3-10)20-14-7-5-11-8-13(17)6-4-12(11)9-14/h4-10,15H,2-3H2,1H3. The first-order chi connectivity index (χ1) is 9.67. The van der Waals surface area contributed by atoms with Gasteiger partial charge in [0.25, 0.3) is 0 Å². The molecule has 1 unspecified atom stereocenters. The van der Waals surface area contributed by atoms with E-state index in [1.165, 1.54) is 7.11 Å². The van der Waals surface area contributed by atoms with Gasteiger partial charge in [0.2, 0.25) is 0 Å². The Balaban J connectivity index is 1.86. The van der Waals surface area contributed by atoms with Crippen LogP contribution in [0.2, 0.25) is 0 Å². The van der Waals surface area contributed by atoms with E-state index < -0.39 is 6.10 Å². The molecule has 0 bridgehead atoms. The molecule has 20 heavy (non-hydrogen) atoms. The van der Waals surface area contributed by atoms with Gasteiger partial charge in [-0.25, -0.2) is 4.79 Å². The molecule has 0 radical (unpaired) electrons. The summed E-state index contributed by atoms with van der Waals surface area (Å²) in [4.78, 5) is 11.8. The number of benzene rings is 2. The van der Waals surface area contributed by atoms with E-state index in [0.717, 1.165) is 28.1 Å². The normalized spacial score (nSPS) is 15.9. The summed E-state index contributed by atoms with van der Waals surface area (Å²) < 4.78 is 11.7. The Hall–Kier alpha value is -1.55. The largest absolute Gasteiger partial charge is 0.478 e. The Labute approximate surface area is 126 Å². The molecule has 2 aromatic carbocycles. The monoisotopic (exact) mass is 334 g/mol. The van der Waals surface area contributed by atoms with E-state index in [-0.39, 0.29) is 5.97 Å². The number of fused-ring (bicyclic) bond motifs is 1. The highest BCUT2D eigenvalue weighted by atomic mass is 79.9. The summed E-state index contributed by atoms with van der Waals surface area (Å²) in [6.45, 7) is 0. The second-order valence-electron chi connectivity index (χ2n) is 5.05. The molecule has 1 saturated carbocycles. The average Bonchev–Trinajstić information content (AvgIpc) is 3.28. The summed E-state index contributed by atoms with van der Waals surface area (Å²) in [7, 11) is 1.40. The van der Waals surface area contributed by atoms with Gasteiger partial charge in [-0.3, -0.25) is 0 Å². The van der Waals surface area contributed by atoms with E-state index in [4.69, 9.17) is 9.47 Å². The van der Waals surface area contributed by atoms with Crippen LogP contribution in [0.25, 0.3) is 10.8 Å². The van der Waals surface area contributed by atoms with E-state index in [2.05, 4.69) is 22.0 Å². The summed E-state index contributed by atoms with van der Waals surface area (Å²) >= 11 is 3.45. The summed E-state index contributed by atoms with van der Waals surface area (Å²) in [5.41, 5.74) is 0. The SMILES string of the molecule is COC(=O)C(Oc1ccc2cc(Br)ccc2c1)C1CC1. The van der Waals surface area contributed by atoms with Gasteiger partial charge >= 0.3 is 5.97 Å². The fourth-order valence-electron chi connectivity index (χ4n) is 2.27. The van der Waals surface area contributed by atoms with E-state index in [0.29, 0.717) is 11.7 Å². The fraction of sp³-hybridized carbons (Fsp3) is 0.312. The van der Waals surface area contributed by atoms with Crippen molar-refractivity contribution < 1.29 is 14.3 Å². The predicted molar refractivity (Wildman–Crippen MR) is 80.8 cm³/mol. The Morgan fingerprint density at radius 1 is 1.20 bits per heavy atom. The molecule has 1 aliphatic rings. The molecule has 104 valence electrons. The van der Waals surface area contributed by atoms with Gasteiger partial charge in [-0.15, -0.1) is 0 Å². The zero-order valence-corrected chi connectivity index (χ0v) is 12.7. The number of carbonyl (C=O) groups excluding carboxylic acids is 1. The van der Waals surface area contributed by atoms with Crippen LogP contribution < -0.4 is 4.74 Å². The maximum atomic E-state index is 11.8. The maximum Gasteiger partial charge on any atom is 0.347 e. The zero-order chi connectivity index (χ0) is 14.1. The number of hydrogen-bond donors (Lipinski definition) is 0. The van der Waals surface area contributed by atoms with Gasteiger partial charge in [-0.05, 0) is 47.9 Å². The topological polar surface area (TPSA) is 35.5 Å². The number of halogens is 1. The number of carbonyl (C=O) groups is 1. The second-order valence-corrected chi connectivity index (χ2v) is 5.97. The third kappa shape index (κ3) is 2.80. The van der Waals surface area contributed by atoms with Crippen LogP contribution in [0.1, 0.15) is 12.8 Å². The quantitative estimate of drug-likeness (QED) is 0.794. The highest BCUT2D eigenvalue weighted by molar-refractivity contribution is 9.10. The van der Waals surface area contributed by atoms with Crippen LogP contribution in [0.15, 0.2) is 40.9 Å². The van der Waals surface area contributed by atoms with Crippen LogP contribution in [0.4, 0.5) is 0 Å². The van der Waals surface area contributed by atoms with Crippen molar-refractivity contribution in [2.75, 3.05) is 7.11 Å². The van der Waals surface area contributed by atoms with E-state index in [9.17, 15) is 4.79 Å². The number of ether oxygens (including phenoxy) is 2. The van der Waals surface area contributed by atoms with Gasteiger partial charge in [0.1, 0.15) is 5.75 Å².